The molecule has 0 amide bonds. The van der Waals surface area contributed by atoms with Crippen molar-refractivity contribution in [2.24, 2.45) is 0 Å². The molecule has 0 radical (unpaired) electrons. The van der Waals surface area contributed by atoms with Gasteiger partial charge >= 0.3 is 0 Å². The van der Waals surface area contributed by atoms with E-state index in [1.807, 2.05) is 13.8 Å². The number of hydrogen-bond acceptors (Lipinski definition) is 2. The first-order chi connectivity index (χ1) is 10.4. The molecule has 3 heteroatoms. The second-order valence-electron chi connectivity index (χ2n) is 8.35. The Bertz CT molecular complexity index is 698. The van der Waals surface area contributed by atoms with Gasteiger partial charge in [0.1, 0.15) is 14.5 Å². The molecule has 1 atom stereocenters. The van der Waals surface area contributed by atoms with Crippen LogP contribution in [-0.4, -0.2) is 20.1 Å². The molecule has 1 aliphatic carbocycles. The number of nitrogens with one attached hydrogen (secondary N) is 1. The molecular weight excluding hydrogens is 298 g/mol. The third-order valence-corrected chi connectivity index (χ3v) is 8.89. The molecule has 2 nitrogen and oxygen atoms in total. The van der Waals surface area contributed by atoms with Crippen molar-refractivity contribution in [1.29, 1.82) is 0 Å². The first-order valence-corrected chi connectivity index (χ1v) is 11.5. The summed E-state index contributed by atoms with van der Waals surface area (Å²) in [6.45, 7) is 19.9. The van der Waals surface area contributed by atoms with Crippen LogP contribution < -0.4 is 4.98 Å². The molecule has 0 saturated carbocycles. The summed E-state index contributed by atoms with van der Waals surface area (Å²) in [5.41, 5.74) is 9.97. The topological polar surface area (TPSA) is 29.1 Å². The Balaban J connectivity index is 2.66. The average Bonchev–Trinajstić information content (AvgIpc) is 2.69. The molecule has 1 unspecified atom stereocenters. The van der Waals surface area contributed by atoms with Crippen LogP contribution in [0.1, 0.15) is 61.1 Å². The number of benzene rings is 1. The van der Waals surface area contributed by atoms with E-state index in [0.717, 1.165) is 6.29 Å². The largest absolute Gasteiger partial charge is 0.326 e. The van der Waals surface area contributed by atoms with Gasteiger partial charge in [-0.15, -0.1) is 0 Å². The molecule has 1 aromatic carbocycles. The van der Waals surface area contributed by atoms with Gasteiger partial charge in [0.05, 0.1) is 5.54 Å². The first kappa shape index (κ1) is 18.1. The van der Waals surface area contributed by atoms with E-state index >= 15 is 0 Å². The van der Waals surface area contributed by atoms with E-state index in [2.05, 4.69) is 58.8 Å². The highest BCUT2D eigenvalue weighted by molar-refractivity contribution is 6.77. The van der Waals surface area contributed by atoms with Gasteiger partial charge in [-0.25, -0.2) is 0 Å². The zero-order valence-electron chi connectivity index (χ0n) is 16.1. The maximum absolute atomic E-state index is 11.4. The molecule has 0 bridgehead atoms. The number of carbonyl (C=O) groups excluding carboxylic acids is 1. The summed E-state index contributed by atoms with van der Waals surface area (Å²) in [5, 5.41) is 0. The number of allylic oxidation sites excluding steroid dienone is 2. The summed E-state index contributed by atoms with van der Waals surface area (Å²) in [7, 11) is -1.90. The summed E-state index contributed by atoms with van der Waals surface area (Å²) in [4.78, 5) is 15.2. The molecule has 1 aliphatic rings. The molecule has 0 aromatic heterocycles. The molecule has 0 spiro atoms. The van der Waals surface area contributed by atoms with Crippen LogP contribution in [0, 0.1) is 20.8 Å². The number of rotatable bonds is 4. The van der Waals surface area contributed by atoms with Gasteiger partial charge in [-0.05, 0) is 81.9 Å². The summed E-state index contributed by atoms with van der Waals surface area (Å²) in [6, 6.07) is 2.31. The second-order valence-corrected chi connectivity index (χ2v) is 12.6. The molecule has 0 heterocycles. The number of aryl methyl sites for hydroxylation is 2. The Hall–Kier alpha value is -1.19. The van der Waals surface area contributed by atoms with Crippen LogP contribution in [0.5, 0.6) is 0 Å². The van der Waals surface area contributed by atoms with E-state index in [1.54, 1.807) is 0 Å². The normalized spacial score (nSPS) is 18.4. The molecule has 0 fully saturated rings. The van der Waals surface area contributed by atoms with E-state index in [1.165, 1.54) is 39.0 Å². The number of fused-ring (bicyclic) bond motifs is 1. The van der Waals surface area contributed by atoms with Crippen LogP contribution in [0.25, 0.3) is 5.57 Å². The highest BCUT2D eigenvalue weighted by Gasteiger charge is 2.43. The van der Waals surface area contributed by atoms with E-state index in [9.17, 15) is 4.79 Å². The van der Waals surface area contributed by atoms with Crippen LogP contribution in [0.4, 0.5) is 0 Å². The standard InChI is InChI=1S/C20H31NOSi/c1-12-10-13(2)17-15(4)16(5)19(18(17)14(12)3)23(8,9)21-20(6,7)11-22/h10-11,19,21H,1-9H3. The Kier molecular flexibility index (Phi) is 4.51. The van der Waals surface area contributed by atoms with E-state index in [4.69, 9.17) is 0 Å². The Labute approximate surface area is 142 Å². The molecule has 0 saturated heterocycles. The van der Waals surface area contributed by atoms with Crippen molar-refractivity contribution in [2.75, 3.05) is 0 Å². The van der Waals surface area contributed by atoms with Crippen LogP contribution in [0.3, 0.4) is 0 Å². The van der Waals surface area contributed by atoms with Crippen molar-refractivity contribution >= 4 is 20.1 Å². The summed E-state index contributed by atoms with van der Waals surface area (Å²) in [6.07, 6.45) is 1.04. The minimum Gasteiger partial charge on any atom is -0.326 e. The quantitative estimate of drug-likeness (QED) is 0.634. The van der Waals surface area contributed by atoms with Gasteiger partial charge in [0.2, 0.25) is 0 Å². The summed E-state index contributed by atoms with van der Waals surface area (Å²) in [5.74, 6) is 0. The number of aldehydes is 1. The zero-order valence-corrected chi connectivity index (χ0v) is 17.1. The fourth-order valence-corrected chi connectivity index (χ4v) is 8.69. The molecule has 126 valence electrons. The second kappa shape index (κ2) is 5.71. The SMILES string of the molecule is CC1=C(C)C([Si](C)(C)NC(C)(C)C=O)c2c(C)c(C)cc(C)c21. The Morgan fingerprint density at radius 1 is 1.09 bits per heavy atom. The van der Waals surface area contributed by atoms with E-state index in [-0.39, 0.29) is 0 Å². The predicted octanol–water partition coefficient (Wildman–Crippen LogP) is 4.81. The lowest BCUT2D eigenvalue weighted by Crippen LogP contribution is -2.60. The highest BCUT2D eigenvalue weighted by Crippen LogP contribution is 2.49. The lowest BCUT2D eigenvalue weighted by atomic mass is 9.93. The van der Waals surface area contributed by atoms with Crippen molar-refractivity contribution in [1.82, 2.24) is 4.98 Å². The van der Waals surface area contributed by atoms with Crippen molar-refractivity contribution in [3.8, 4) is 0 Å². The van der Waals surface area contributed by atoms with Gasteiger partial charge < -0.3 is 9.78 Å². The highest BCUT2D eigenvalue weighted by atomic mass is 28.3. The van der Waals surface area contributed by atoms with Crippen molar-refractivity contribution in [3.63, 3.8) is 0 Å². The minimum atomic E-state index is -1.90. The van der Waals surface area contributed by atoms with Crippen LogP contribution in [-0.2, 0) is 4.79 Å². The average molecular weight is 330 g/mol. The van der Waals surface area contributed by atoms with Gasteiger partial charge in [0.25, 0.3) is 0 Å². The summed E-state index contributed by atoms with van der Waals surface area (Å²) >= 11 is 0. The molecular formula is C20H31NOSi. The van der Waals surface area contributed by atoms with Crippen LogP contribution in [0.15, 0.2) is 11.6 Å². The van der Waals surface area contributed by atoms with Gasteiger partial charge in [-0.3, -0.25) is 0 Å². The molecule has 2 rings (SSSR count). The molecule has 1 aromatic rings. The van der Waals surface area contributed by atoms with Crippen molar-refractivity contribution < 1.29 is 4.79 Å². The zero-order chi connectivity index (χ0) is 17.7. The van der Waals surface area contributed by atoms with Crippen molar-refractivity contribution in [3.05, 3.63) is 39.5 Å². The predicted molar refractivity (Wildman–Crippen MR) is 102 cm³/mol. The number of hydrogen-bond donors (Lipinski definition) is 1. The lowest BCUT2D eigenvalue weighted by Gasteiger charge is -2.38. The monoisotopic (exact) mass is 329 g/mol. The molecule has 23 heavy (non-hydrogen) atoms. The van der Waals surface area contributed by atoms with Gasteiger partial charge in [-0.2, -0.15) is 0 Å². The number of carbonyl (C=O) groups is 1. The smallest absolute Gasteiger partial charge is 0.138 e. The third kappa shape index (κ3) is 2.97. The van der Waals surface area contributed by atoms with Crippen LogP contribution in [0.2, 0.25) is 13.1 Å². The van der Waals surface area contributed by atoms with Gasteiger partial charge in [-0.1, -0.05) is 24.7 Å². The maximum Gasteiger partial charge on any atom is 0.138 e. The summed E-state index contributed by atoms with van der Waals surface area (Å²) < 4.78 is 0. The molecule has 1 N–H and O–H groups in total. The van der Waals surface area contributed by atoms with E-state index in [0.29, 0.717) is 5.54 Å². The minimum absolute atomic E-state index is 0.426. The van der Waals surface area contributed by atoms with Crippen molar-refractivity contribution in [2.45, 2.75) is 72.6 Å². The fourth-order valence-electron chi connectivity index (χ4n) is 4.44. The molecule has 0 aliphatic heterocycles. The Morgan fingerprint density at radius 3 is 2.17 bits per heavy atom. The first-order valence-electron chi connectivity index (χ1n) is 8.47. The maximum atomic E-state index is 11.4. The Morgan fingerprint density at radius 2 is 1.65 bits per heavy atom. The van der Waals surface area contributed by atoms with Crippen LogP contribution >= 0.6 is 0 Å². The fraction of sp³-hybridized carbons (Fsp3) is 0.550. The lowest BCUT2D eigenvalue weighted by molar-refractivity contribution is -0.111. The van der Waals surface area contributed by atoms with E-state index < -0.39 is 13.8 Å². The van der Waals surface area contributed by atoms with Gasteiger partial charge in [0.15, 0.2) is 0 Å². The third-order valence-electron chi connectivity index (χ3n) is 5.44. The van der Waals surface area contributed by atoms with Gasteiger partial charge in [0, 0.05) is 5.54 Å².